The Labute approximate surface area is 234 Å². The number of esters is 3. The fourth-order valence-corrected chi connectivity index (χ4v) is 2.41. The van der Waals surface area contributed by atoms with E-state index in [1.807, 2.05) is 0 Å². The molecule has 0 spiro atoms. The first-order chi connectivity index (χ1) is 15.3. The summed E-state index contributed by atoms with van der Waals surface area (Å²) in [6, 6.07) is 6.47. The number of carbonyl (C=O) groups excluding carboxylic acids is 5. The van der Waals surface area contributed by atoms with Gasteiger partial charge in [-0.25, -0.2) is 4.79 Å². The first kappa shape index (κ1) is 30.9. The van der Waals surface area contributed by atoms with E-state index in [4.69, 9.17) is 14.2 Å². The van der Waals surface area contributed by atoms with Crippen molar-refractivity contribution in [2.45, 2.75) is 39.2 Å². The summed E-state index contributed by atoms with van der Waals surface area (Å²) in [6.45, 7) is 2.88. The molecule has 0 aliphatic heterocycles. The van der Waals surface area contributed by atoms with Crippen LogP contribution in [0.3, 0.4) is 0 Å². The summed E-state index contributed by atoms with van der Waals surface area (Å²) in [5.74, 6) is -4.18. The van der Waals surface area contributed by atoms with Gasteiger partial charge in [-0.3, -0.25) is 14.4 Å². The van der Waals surface area contributed by atoms with Crippen LogP contribution in [0, 0.1) is 0 Å². The minimum Gasteiger partial charge on any atom is -0.548 e. The SMILES string of the molecule is CCOC(=O)CCC(=O)/C(=C\NC(COC(=O)c1ccccc1)C(=O)[O-])CC(=O)OCC.[K+]. The van der Waals surface area contributed by atoms with E-state index in [0.29, 0.717) is 0 Å². The summed E-state index contributed by atoms with van der Waals surface area (Å²) >= 11 is 0. The van der Waals surface area contributed by atoms with Gasteiger partial charge in [0.1, 0.15) is 6.61 Å². The molecule has 1 unspecified atom stereocenters. The summed E-state index contributed by atoms with van der Waals surface area (Å²) in [7, 11) is 0. The van der Waals surface area contributed by atoms with Crippen molar-refractivity contribution in [2.24, 2.45) is 0 Å². The predicted molar refractivity (Wildman–Crippen MR) is 109 cm³/mol. The van der Waals surface area contributed by atoms with Crippen molar-refractivity contribution < 1.29 is 94.7 Å². The van der Waals surface area contributed by atoms with Crippen LogP contribution in [-0.2, 0) is 33.4 Å². The van der Waals surface area contributed by atoms with Crippen LogP contribution in [0.25, 0.3) is 0 Å². The van der Waals surface area contributed by atoms with Crippen molar-refractivity contribution in [3.05, 3.63) is 47.7 Å². The van der Waals surface area contributed by atoms with Crippen molar-refractivity contribution in [1.82, 2.24) is 5.32 Å². The number of carbonyl (C=O) groups is 5. The third-order valence-corrected chi connectivity index (χ3v) is 3.99. The third-order valence-electron chi connectivity index (χ3n) is 3.99. The quantitative estimate of drug-likeness (QED) is 0.127. The second-order valence-corrected chi connectivity index (χ2v) is 6.38. The topological polar surface area (TPSA) is 148 Å². The predicted octanol–water partition coefficient (Wildman–Crippen LogP) is -2.69. The molecule has 0 radical (unpaired) electrons. The van der Waals surface area contributed by atoms with Gasteiger partial charge in [0.2, 0.25) is 0 Å². The Morgan fingerprint density at radius 1 is 0.939 bits per heavy atom. The van der Waals surface area contributed by atoms with Crippen LogP contribution < -0.4 is 61.8 Å². The van der Waals surface area contributed by atoms with E-state index in [1.165, 1.54) is 12.1 Å². The maximum Gasteiger partial charge on any atom is 1.00 e. The maximum absolute atomic E-state index is 12.5. The third kappa shape index (κ3) is 12.7. The number of carboxylic acids is 1. The Morgan fingerprint density at radius 3 is 2.12 bits per heavy atom. The summed E-state index contributed by atoms with van der Waals surface area (Å²) in [6.07, 6.45) is 0.142. The number of ketones is 1. The number of hydrogen-bond donors (Lipinski definition) is 1. The summed E-state index contributed by atoms with van der Waals surface area (Å²) < 4.78 is 14.6. The molecule has 0 aliphatic carbocycles. The molecule has 0 aromatic heterocycles. The number of aliphatic carboxylic acids is 1. The number of carboxylic acid groups (broad SMARTS) is 1. The van der Waals surface area contributed by atoms with Gasteiger partial charge in [0, 0.05) is 18.2 Å². The Bertz CT molecular complexity index is 840. The smallest absolute Gasteiger partial charge is 0.548 e. The molecule has 1 aromatic rings. The van der Waals surface area contributed by atoms with Crippen LogP contribution in [0.2, 0.25) is 0 Å². The normalized spacial score (nSPS) is 11.4. The maximum atomic E-state index is 12.5. The molecule has 0 bridgehead atoms. The molecule has 10 nitrogen and oxygen atoms in total. The molecule has 1 rings (SSSR count). The van der Waals surface area contributed by atoms with Crippen LogP contribution >= 0.6 is 0 Å². The second kappa shape index (κ2) is 17.4. The van der Waals surface area contributed by atoms with Crippen LogP contribution in [0.4, 0.5) is 0 Å². The summed E-state index contributed by atoms with van der Waals surface area (Å²) in [5.41, 5.74) is 0.130. The van der Waals surface area contributed by atoms with Gasteiger partial charge in [-0.2, -0.15) is 0 Å². The van der Waals surface area contributed by atoms with Crippen LogP contribution in [0.1, 0.15) is 43.5 Å². The Balaban J connectivity index is 0.0000102. The summed E-state index contributed by atoms with van der Waals surface area (Å²) in [4.78, 5) is 59.2. The fraction of sp³-hybridized carbons (Fsp3) is 0.409. The van der Waals surface area contributed by atoms with Gasteiger partial charge < -0.3 is 29.4 Å². The summed E-state index contributed by atoms with van der Waals surface area (Å²) in [5, 5.41) is 13.8. The molecule has 0 fully saturated rings. The van der Waals surface area contributed by atoms with E-state index in [9.17, 15) is 29.1 Å². The van der Waals surface area contributed by atoms with E-state index in [1.54, 1.807) is 32.0 Å². The first-order valence-electron chi connectivity index (χ1n) is 10.0. The van der Waals surface area contributed by atoms with Gasteiger partial charge in [0.25, 0.3) is 0 Å². The average Bonchev–Trinajstić information content (AvgIpc) is 2.77. The van der Waals surface area contributed by atoms with Crippen molar-refractivity contribution in [2.75, 3.05) is 19.8 Å². The van der Waals surface area contributed by atoms with Crippen LogP contribution in [0.15, 0.2) is 42.1 Å². The molecule has 0 saturated heterocycles. The Morgan fingerprint density at radius 2 is 1.55 bits per heavy atom. The van der Waals surface area contributed by atoms with E-state index >= 15 is 0 Å². The standard InChI is InChI=1S/C22H27NO9.K/c1-3-30-19(25)11-10-18(24)16(12-20(26)31-4-2)13-23-17(21(27)28)14-32-22(29)15-8-6-5-7-9-15;/h5-9,13,17,23H,3-4,10-12,14H2,1-2H3,(H,27,28);/q;+1/p-1/b16-13-;. The van der Waals surface area contributed by atoms with Gasteiger partial charge in [0.05, 0.1) is 43.6 Å². The molecule has 1 N–H and O–H groups in total. The second-order valence-electron chi connectivity index (χ2n) is 6.38. The molecule has 0 saturated carbocycles. The van der Waals surface area contributed by atoms with Crippen LogP contribution in [0.5, 0.6) is 0 Å². The molecule has 0 heterocycles. The fourth-order valence-electron chi connectivity index (χ4n) is 2.41. The number of ether oxygens (including phenoxy) is 3. The molecule has 33 heavy (non-hydrogen) atoms. The number of hydrogen-bond acceptors (Lipinski definition) is 10. The molecule has 11 heteroatoms. The number of nitrogens with one attached hydrogen (secondary N) is 1. The minimum absolute atomic E-state index is 0. The molecular weight excluding hydrogens is 461 g/mol. The van der Waals surface area contributed by atoms with Gasteiger partial charge in [-0.15, -0.1) is 0 Å². The van der Waals surface area contributed by atoms with Crippen molar-refractivity contribution in [3.63, 3.8) is 0 Å². The van der Waals surface area contributed by atoms with E-state index in [0.717, 1.165) is 6.20 Å². The van der Waals surface area contributed by atoms with Crippen molar-refractivity contribution in [3.8, 4) is 0 Å². The molecular formula is C22H26KNO9. The minimum atomic E-state index is -1.59. The number of benzene rings is 1. The zero-order valence-corrected chi connectivity index (χ0v) is 22.1. The van der Waals surface area contributed by atoms with Gasteiger partial charge >= 0.3 is 69.3 Å². The van der Waals surface area contributed by atoms with E-state index < -0.39 is 48.7 Å². The number of rotatable bonds is 14. The Hall–Kier alpha value is -2.05. The first-order valence-corrected chi connectivity index (χ1v) is 10.0. The van der Waals surface area contributed by atoms with Gasteiger partial charge in [0.15, 0.2) is 5.78 Å². The van der Waals surface area contributed by atoms with E-state index in [-0.39, 0.29) is 88.6 Å². The van der Waals surface area contributed by atoms with Gasteiger partial charge in [-0.1, -0.05) is 18.2 Å². The molecule has 1 aromatic carbocycles. The molecule has 1 atom stereocenters. The molecule has 0 aliphatic rings. The zero-order valence-electron chi connectivity index (χ0n) is 19.0. The van der Waals surface area contributed by atoms with Crippen molar-refractivity contribution >= 4 is 29.7 Å². The number of Topliss-reactive ketones (excluding diaryl/α,β-unsaturated/α-hetero) is 1. The zero-order chi connectivity index (χ0) is 23.9. The van der Waals surface area contributed by atoms with E-state index in [2.05, 4.69) is 5.32 Å². The van der Waals surface area contributed by atoms with Crippen LogP contribution in [-0.4, -0.2) is 55.5 Å². The van der Waals surface area contributed by atoms with Gasteiger partial charge in [-0.05, 0) is 26.0 Å². The molecule has 0 amide bonds. The average molecular weight is 488 g/mol. The molecule has 174 valence electrons. The Kier molecular flexibility index (Phi) is 16.3. The monoisotopic (exact) mass is 487 g/mol. The van der Waals surface area contributed by atoms with Crippen molar-refractivity contribution in [1.29, 1.82) is 0 Å². The largest absolute Gasteiger partial charge is 1.00 e.